The quantitative estimate of drug-likeness (QED) is 0.513. The fourth-order valence-corrected chi connectivity index (χ4v) is 2.06. The molecule has 2 atom stereocenters. The van der Waals surface area contributed by atoms with Crippen molar-refractivity contribution in [2.75, 3.05) is 10.7 Å². The molecule has 0 saturated heterocycles. The van der Waals surface area contributed by atoms with Crippen molar-refractivity contribution in [3.63, 3.8) is 0 Å². The molecule has 5 heteroatoms. The largest absolute Gasteiger partial charge is 0.367 e. The molecule has 1 aromatic rings. The van der Waals surface area contributed by atoms with Crippen molar-refractivity contribution in [2.24, 2.45) is 11.8 Å². The van der Waals surface area contributed by atoms with Gasteiger partial charge in [-0.15, -0.1) is 0 Å². The van der Waals surface area contributed by atoms with Crippen LogP contribution in [0.25, 0.3) is 0 Å². The normalized spacial score (nSPS) is 14.1. The molecule has 1 aromatic heterocycles. The highest BCUT2D eigenvalue weighted by molar-refractivity contribution is 5.57. The Labute approximate surface area is 110 Å². The molecule has 1 rings (SSSR count). The summed E-state index contributed by atoms with van der Waals surface area (Å²) in [5, 5.41) is 3.45. The average Bonchev–Trinajstić information content (AvgIpc) is 2.37. The molecular weight excluding hydrogens is 226 g/mol. The highest BCUT2D eigenvalue weighted by Gasteiger charge is 2.12. The van der Waals surface area contributed by atoms with E-state index >= 15 is 0 Å². The van der Waals surface area contributed by atoms with E-state index < -0.39 is 0 Å². The predicted octanol–water partition coefficient (Wildman–Crippen LogP) is 2.56. The number of nitrogen functional groups attached to an aromatic ring is 1. The first-order valence-electron chi connectivity index (χ1n) is 6.69. The summed E-state index contributed by atoms with van der Waals surface area (Å²) in [4.78, 5) is 8.44. The standard InChI is InChI=1S/C13H25N5/c1-5-9(3)7-10(4)17-12-11(6-2)13(18-14)16-8-15-12/h8-10H,5-7,14H2,1-4H3,(H2,15,16,17,18). The van der Waals surface area contributed by atoms with Gasteiger partial charge in [0.1, 0.15) is 18.0 Å². The van der Waals surface area contributed by atoms with Crippen LogP contribution in [0.15, 0.2) is 6.33 Å². The van der Waals surface area contributed by atoms with Crippen molar-refractivity contribution in [2.45, 2.75) is 53.0 Å². The van der Waals surface area contributed by atoms with E-state index in [0.29, 0.717) is 17.8 Å². The maximum atomic E-state index is 5.46. The first-order valence-corrected chi connectivity index (χ1v) is 6.69. The summed E-state index contributed by atoms with van der Waals surface area (Å²) in [7, 11) is 0. The lowest BCUT2D eigenvalue weighted by atomic mass is 10.0. The van der Waals surface area contributed by atoms with E-state index in [1.165, 1.54) is 12.7 Å². The van der Waals surface area contributed by atoms with Gasteiger partial charge in [-0.3, -0.25) is 0 Å². The molecule has 102 valence electrons. The Balaban J connectivity index is 2.77. The Kier molecular flexibility index (Phi) is 5.85. The highest BCUT2D eigenvalue weighted by atomic mass is 15.3. The van der Waals surface area contributed by atoms with Gasteiger partial charge in [0.25, 0.3) is 0 Å². The minimum absolute atomic E-state index is 0.394. The SMILES string of the molecule is CCc1c(NN)ncnc1NC(C)CC(C)CC. The van der Waals surface area contributed by atoms with Crippen LogP contribution < -0.4 is 16.6 Å². The first kappa shape index (κ1) is 14.7. The van der Waals surface area contributed by atoms with E-state index in [4.69, 9.17) is 5.84 Å². The number of aromatic nitrogens is 2. The summed E-state index contributed by atoms with van der Waals surface area (Å²) in [6, 6.07) is 0.394. The van der Waals surface area contributed by atoms with Crippen LogP contribution in [0.2, 0.25) is 0 Å². The van der Waals surface area contributed by atoms with Crippen molar-refractivity contribution >= 4 is 11.6 Å². The van der Waals surface area contributed by atoms with E-state index in [9.17, 15) is 0 Å². The molecule has 0 saturated carbocycles. The van der Waals surface area contributed by atoms with Crippen LogP contribution in [0.4, 0.5) is 11.6 Å². The van der Waals surface area contributed by atoms with Gasteiger partial charge in [-0.25, -0.2) is 15.8 Å². The number of nitrogens with zero attached hydrogens (tertiary/aromatic N) is 2. The van der Waals surface area contributed by atoms with Gasteiger partial charge >= 0.3 is 0 Å². The van der Waals surface area contributed by atoms with Gasteiger partial charge in [0.05, 0.1) is 0 Å². The molecule has 4 N–H and O–H groups in total. The Hall–Kier alpha value is -1.36. The second-order valence-electron chi connectivity index (χ2n) is 4.84. The van der Waals surface area contributed by atoms with E-state index in [1.54, 1.807) is 0 Å². The highest BCUT2D eigenvalue weighted by Crippen LogP contribution is 2.21. The molecule has 0 fully saturated rings. The minimum atomic E-state index is 0.394. The maximum absolute atomic E-state index is 5.46. The fourth-order valence-electron chi connectivity index (χ4n) is 2.06. The smallest absolute Gasteiger partial charge is 0.148 e. The Bertz CT molecular complexity index is 366. The molecular formula is C13H25N5. The molecule has 0 aromatic carbocycles. The summed E-state index contributed by atoms with van der Waals surface area (Å²) < 4.78 is 0. The summed E-state index contributed by atoms with van der Waals surface area (Å²) in [6.45, 7) is 8.75. The van der Waals surface area contributed by atoms with Crippen molar-refractivity contribution in [1.29, 1.82) is 0 Å². The van der Waals surface area contributed by atoms with Crippen molar-refractivity contribution in [3.8, 4) is 0 Å². The van der Waals surface area contributed by atoms with Gasteiger partial charge in [-0.2, -0.15) is 0 Å². The molecule has 0 aliphatic rings. The lowest BCUT2D eigenvalue weighted by Crippen LogP contribution is -2.21. The Morgan fingerprint density at radius 2 is 1.89 bits per heavy atom. The zero-order valence-corrected chi connectivity index (χ0v) is 11.8. The van der Waals surface area contributed by atoms with Gasteiger partial charge in [-0.1, -0.05) is 27.2 Å². The van der Waals surface area contributed by atoms with Gasteiger partial charge in [-0.05, 0) is 25.7 Å². The first-order chi connectivity index (χ1) is 8.62. The average molecular weight is 251 g/mol. The van der Waals surface area contributed by atoms with Crippen LogP contribution in [0.5, 0.6) is 0 Å². The van der Waals surface area contributed by atoms with Crippen LogP contribution in [0.1, 0.15) is 46.1 Å². The molecule has 0 radical (unpaired) electrons. The number of rotatable bonds is 7. The Morgan fingerprint density at radius 3 is 2.44 bits per heavy atom. The van der Waals surface area contributed by atoms with Crippen molar-refractivity contribution < 1.29 is 0 Å². The molecule has 1 heterocycles. The monoisotopic (exact) mass is 251 g/mol. The van der Waals surface area contributed by atoms with E-state index in [0.717, 1.165) is 24.2 Å². The Morgan fingerprint density at radius 1 is 1.22 bits per heavy atom. The van der Waals surface area contributed by atoms with E-state index in [1.807, 2.05) is 0 Å². The number of hydrazine groups is 1. The van der Waals surface area contributed by atoms with Crippen LogP contribution in [-0.4, -0.2) is 16.0 Å². The lowest BCUT2D eigenvalue weighted by molar-refractivity contribution is 0.483. The number of hydrogen-bond acceptors (Lipinski definition) is 5. The van der Waals surface area contributed by atoms with Crippen molar-refractivity contribution in [3.05, 3.63) is 11.9 Å². The molecule has 5 nitrogen and oxygen atoms in total. The molecule has 0 aliphatic carbocycles. The lowest BCUT2D eigenvalue weighted by Gasteiger charge is -2.20. The van der Waals surface area contributed by atoms with Gasteiger partial charge in [0, 0.05) is 11.6 Å². The molecule has 0 amide bonds. The zero-order chi connectivity index (χ0) is 13.5. The maximum Gasteiger partial charge on any atom is 0.148 e. The van der Waals surface area contributed by atoms with Crippen LogP contribution in [0, 0.1) is 5.92 Å². The molecule has 2 unspecified atom stereocenters. The number of anilines is 2. The summed E-state index contributed by atoms with van der Waals surface area (Å²) in [6.07, 6.45) is 4.71. The van der Waals surface area contributed by atoms with Gasteiger partial charge < -0.3 is 10.7 Å². The summed E-state index contributed by atoms with van der Waals surface area (Å²) in [5.74, 6) is 7.76. The van der Waals surface area contributed by atoms with Gasteiger partial charge in [0.15, 0.2) is 0 Å². The van der Waals surface area contributed by atoms with Crippen LogP contribution >= 0.6 is 0 Å². The number of nitrogens with one attached hydrogen (secondary N) is 2. The third-order valence-electron chi connectivity index (χ3n) is 3.27. The molecule has 0 spiro atoms. The topological polar surface area (TPSA) is 75.9 Å². The second-order valence-corrected chi connectivity index (χ2v) is 4.84. The van der Waals surface area contributed by atoms with Crippen molar-refractivity contribution in [1.82, 2.24) is 9.97 Å². The van der Waals surface area contributed by atoms with Crippen LogP contribution in [0.3, 0.4) is 0 Å². The minimum Gasteiger partial charge on any atom is -0.367 e. The molecule has 0 bridgehead atoms. The molecule has 0 aliphatic heterocycles. The van der Waals surface area contributed by atoms with Crippen LogP contribution in [-0.2, 0) is 6.42 Å². The van der Waals surface area contributed by atoms with E-state index in [2.05, 4.69) is 48.4 Å². The fraction of sp³-hybridized carbons (Fsp3) is 0.692. The zero-order valence-electron chi connectivity index (χ0n) is 11.8. The third-order valence-corrected chi connectivity index (χ3v) is 3.27. The number of nitrogens with two attached hydrogens (primary N) is 1. The molecule has 18 heavy (non-hydrogen) atoms. The third kappa shape index (κ3) is 3.84. The second kappa shape index (κ2) is 7.16. The number of hydrogen-bond donors (Lipinski definition) is 3. The summed E-state index contributed by atoms with van der Waals surface area (Å²) >= 11 is 0. The van der Waals surface area contributed by atoms with E-state index in [-0.39, 0.29) is 0 Å². The summed E-state index contributed by atoms with van der Waals surface area (Å²) in [5.41, 5.74) is 3.66. The predicted molar refractivity (Wildman–Crippen MR) is 76.4 cm³/mol. The van der Waals surface area contributed by atoms with Gasteiger partial charge in [0.2, 0.25) is 0 Å².